The zero-order valence-electron chi connectivity index (χ0n) is 13.8. The second-order valence-corrected chi connectivity index (χ2v) is 6.43. The topological polar surface area (TPSA) is 77.5 Å². The van der Waals surface area contributed by atoms with Crippen molar-refractivity contribution in [3.63, 3.8) is 0 Å². The third-order valence-electron chi connectivity index (χ3n) is 3.60. The summed E-state index contributed by atoms with van der Waals surface area (Å²) in [7, 11) is 0. The van der Waals surface area contributed by atoms with Crippen LogP contribution in [0.2, 0.25) is 0 Å². The van der Waals surface area contributed by atoms with Crippen LogP contribution in [-0.4, -0.2) is 15.4 Å². The van der Waals surface area contributed by atoms with E-state index < -0.39 is 10.8 Å². The summed E-state index contributed by atoms with van der Waals surface area (Å²) in [4.78, 5) is 26.8. The number of hydrogen-bond donors (Lipinski definition) is 0. The van der Waals surface area contributed by atoms with Crippen LogP contribution in [-0.2, 0) is 11.3 Å². The van der Waals surface area contributed by atoms with E-state index in [1.807, 2.05) is 0 Å². The van der Waals surface area contributed by atoms with Gasteiger partial charge in [0.2, 0.25) is 0 Å². The minimum atomic E-state index is -0.556. The van der Waals surface area contributed by atoms with Crippen LogP contribution in [0.15, 0.2) is 53.5 Å². The fourth-order valence-electron chi connectivity index (χ4n) is 2.42. The van der Waals surface area contributed by atoms with Crippen molar-refractivity contribution >= 4 is 39.2 Å². The van der Waals surface area contributed by atoms with E-state index in [1.165, 1.54) is 42.5 Å². The lowest BCUT2D eigenvalue weighted by atomic mass is 10.2. The monoisotopic (exact) mass is 381 g/mol. The molecule has 27 heavy (non-hydrogen) atoms. The van der Waals surface area contributed by atoms with Crippen molar-refractivity contribution < 1.29 is 14.1 Å². The molecule has 0 atom stereocenters. The van der Waals surface area contributed by atoms with Gasteiger partial charge >= 0.3 is 0 Å². The summed E-state index contributed by atoms with van der Waals surface area (Å²) < 4.78 is 15.7. The summed E-state index contributed by atoms with van der Waals surface area (Å²) in [5, 5.41) is 10.8. The van der Waals surface area contributed by atoms with Crippen molar-refractivity contribution in [2.45, 2.75) is 6.54 Å². The standard InChI is InChI=1S/C19H12FN3O3S/c1-2-10-22-16-8-7-14(20)12-17(16)27-19(22)21-18(24)9-6-13-4-3-5-15(11-13)23(25)26/h1,3-9,11-12H,10H2/b9-6+,21-19?. The number of nitro groups is 1. The first-order chi connectivity index (χ1) is 13.0. The molecular formula is C19H12FN3O3S. The quantitative estimate of drug-likeness (QED) is 0.300. The number of aromatic nitrogens is 1. The Balaban J connectivity index is 1.95. The van der Waals surface area contributed by atoms with Crippen molar-refractivity contribution in [3.05, 3.63) is 74.8 Å². The van der Waals surface area contributed by atoms with Gasteiger partial charge in [0.25, 0.3) is 11.6 Å². The molecule has 0 bridgehead atoms. The van der Waals surface area contributed by atoms with Gasteiger partial charge in [-0.05, 0) is 29.8 Å². The summed E-state index contributed by atoms with van der Waals surface area (Å²) >= 11 is 1.15. The van der Waals surface area contributed by atoms with Crippen LogP contribution in [0.4, 0.5) is 10.1 Å². The SMILES string of the molecule is C#CCn1c(=NC(=O)/C=C/c2cccc([N+](=O)[O-])c2)sc2cc(F)ccc21. The van der Waals surface area contributed by atoms with E-state index in [0.29, 0.717) is 20.6 Å². The molecule has 0 aliphatic heterocycles. The molecule has 134 valence electrons. The van der Waals surface area contributed by atoms with Crippen LogP contribution in [0, 0.1) is 28.3 Å². The van der Waals surface area contributed by atoms with Gasteiger partial charge in [-0.1, -0.05) is 29.4 Å². The molecule has 0 radical (unpaired) electrons. The number of amides is 1. The summed E-state index contributed by atoms with van der Waals surface area (Å²) in [5.74, 6) is 1.54. The van der Waals surface area contributed by atoms with Crippen molar-refractivity contribution in [1.29, 1.82) is 0 Å². The molecule has 8 heteroatoms. The third-order valence-corrected chi connectivity index (χ3v) is 4.64. The van der Waals surface area contributed by atoms with Crippen molar-refractivity contribution in [3.8, 4) is 12.3 Å². The third kappa shape index (κ3) is 4.16. The number of carbonyl (C=O) groups is 1. The Morgan fingerprint density at radius 3 is 2.93 bits per heavy atom. The maximum absolute atomic E-state index is 13.4. The molecule has 2 aromatic carbocycles. The molecule has 3 aromatic rings. The number of non-ortho nitro benzene ring substituents is 1. The highest BCUT2D eigenvalue weighted by molar-refractivity contribution is 7.16. The smallest absolute Gasteiger partial charge is 0.272 e. The Bertz CT molecular complexity index is 1180. The van der Waals surface area contributed by atoms with Crippen LogP contribution >= 0.6 is 11.3 Å². The Morgan fingerprint density at radius 2 is 2.19 bits per heavy atom. The number of benzene rings is 2. The zero-order valence-corrected chi connectivity index (χ0v) is 14.6. The number of terminal acetylenes is 1. The largest absolute Gasteiger partial charge is 0.305 e. The van der Waals surface area contributed by atoms with E-state index >= 15 is 0 Å². The van der Waals surface area contributed by atoms with Gasteiger partial charge in [-0.3, -0.25) is 14.9 Å². The molecule has 0 aliphatic rings. The van der Waals surface area contributed by atoms with Gasteiger partial charge in [0.15, 0.2) is 4.80 Å². The number of thiazole rings is 1. The number of carbonyl (C=O) groups excluding carboxylic acids is 1. The van der Waals surface area contributed by atoms with Crippen LogP contribution in [0.25, 0.3) is 16.3 Å². The maximum Gasteiger partial charge on any atom is 0.272 e. The van der Waals surface area contributed by atoms with Gasteiger partial charge in [-0.15, -0.1) is 6.42 Å². The second-order valence-electron chi connectivity index (χ2n) is 5.42. The summed E-state index contributed by atoms with van der Waals surface area (Å²) in [5.41, 5.74) is 1.12. The molecule has 3 rings (SSSR count). The predicted molar refractivity (Wildman–Crippen MR) is 101 cm³/mol. The first-order valence-corrected chi connectivity index (χ1v) is 8.53. The van der Waals surface area contributed by atoms with E-state index in [2.05, 4.69) is 10.9 Å². The van der Waals surface area contributed by atoms with Crippen molar-refractivity contribution in [1.82, 2.24) is 4.57 Å². The molecular weight excluding hydrogens is 369 g/mol. The van der Waals surface area contributed by atoms with Crippen molar-refractivity contribution in [2.24, 2.45) is 4.99 Å². The van der Waals surface area contributed by atoms with E-state index in [9.17, 15) is 19.3 Å². The van der Waals surface area contributed by atoms with Gasteiger partial charge < -0.3 is 4.57 Å². The van der Waals surface area contributed by atoms with Gasteiger partial charge in [-0.25, -0.2) is 4.39 Å². The van der Waals surface area contributed by atoms with Crippen LogP contribution in [0.3, 0.4) is 0 Å². The van der Waals surface area contributed by atoms with Gasteiger partial charge in [-0.2, -0.15) is 4.99 Å². The van der Waals surface area contributed by atoms with Crippen molar-refractivity contribution in [2.75, 3.05) is 0 Å². The van der Waals surface area contributed by atoms with E-state index in [-0.39, 0.29) is 18.0 Å². The average Bonchev–Trinajstić information content (AvgIpc) is 2.97. The summed E-state index contributed by atoms with van der Waals surface area (Å²) in [6, 6.07) is 10.1. The Labute approximate surface area is 157 Å². The molecule has 1 amide bonds. The number of fused-ring (bicyclic) bond motifs is 1. The maximum atomic E-state index is 13.4. The number of nitrogens with zero attached hydrogens (tertiary/aromatic N) is 3. The van der Waals surface area contributed by atoms with Gasteiger partial charge in [0.1, 0.15) is 5.82 Å². The molecule has 0 aliphatic carbocycles. The van der Waals surface area contributed by atoms with E-state index in [1.54, 1.807) is 16.7 Å². The van der Waals surface area contributed by atoms with Crippen LogP contribution < -0.4 is 4.80 Å². The molecule has 1 heterocycles. The lowest BCUT2D eigenvalue weighted by Gasteiger charge is -1.98. The number of rotatable bonds is 4. The minimum absolute atomic E-state index is 0.0695. The molecule has 0 saturated heterocycles. The molecule has 1 aromatic heterocycles. The highest BCUT2D eigenvalue weighted by atomic mass is 32.1. The normalized spacial score (nSPS) is 11.8. The summed E-state index contributed by atoms with van der Waals surface area (Å²) in [6.07, 6.45) is 8.03. The Morgan fingerprint density at radius 1 is 1.37 bits per heavy atom. The fourth-order valence-corrected chi connectivity index (χ4v) is 3.48. The first kappa shape index (κ1) is 18.2. The first-order valence-electron chi connectivity index (χ1n) is 7.71. The molecule has 0 N–H and O–H groups in total. The van der Waals surface area contributed by atoms with Gasteiger partial charge in [0, 0.05) is 18.2 Å². The van der Waals surface area contributed by atoms with E-state index in [0.717, 1.165) is 11.3 Å². The zero-order chi connectivity index (χ0) is 19.4. The number of nitro benzene ring substituents is 1. The highest BCUT2D eigenvalue weighted by Gasteiger charge is 2.08. The Hall–Kier alpha value is -3.57. The predicted octanol–water partition coefficient (Wildman–Crippen LogP) is 3.52. The lowest BCUT2D eigenvalue weighted by Crippen LogP contribution is -2.15. The molecule has 0 fully saturated rings. The average molecular weight is 381 g/mol. The number of halogens is 1. The molecule has 0 spiro atoms. The van der Waals surface area contributed by atoms with E-state index in [4.69, 9.17) is 6.42 Å². The molecule has 0 unspecified atom stereocenters. The number of hydrogen-bond acceptors (Lipinski definition) is 4. The minimum Gasteiger partial charge on any atom is -0.305 e. The van der Waals surface area contributed by atoms with Crippen LogP contribution in [0.1, 0.15) is 5.56 Å². The molecule has 6 nitrogen and oxygen atoms in total. The highest BCUT2D eigenvalue weighted by Crippen LogP contribution is 2.18. The fraction of sp³-hybridized carbons (Fsp3) is 0.0526. The second kappa shape index (κ2) is 7.76. The lowest BCUT2D eigenvalue weighted by molar-refractivity contribution is -0.384. The van der Waals surface area contributed by atoms with Gasteiger partial charge in [0.05, 0.1) is 21.7 Å². The Kier molecular flexibility index (Phi) is 5.24. The summed E-state index contributed by atoms with van der Waals surface area (Å²) in [6.45, 7) is 0.187. The molecule has 0 saturated carbocycles. The van der Waals surface area contributed by atoms with Crippen LogP contribution in [0.5, 0.6) is 0 Å².